The number of likely N-dealkylation sites (tertiary alicyclic amines) is 1. The Balaban J connectivity index is 1.57. The minimum Gasteiger partial charge on any atom is -0.361 e. The van der Waals surface area contributed by atoms with Crippen LogP contribution in [0.2, 0.25) is 0 Å². The minimum absolute atomic E-state index is 0.0110. The minimum atomic E-state index is -0.633. The number of hydrogen-bond donors (Lipinski definition) is 0. The highest BCUT2D eigenvalue weighted by Gasteiger charge is 2.44. The molecule has 2 amide bonds. The number of nitrogens with zero attached hydrogens (tertiary/aromatic N) is 2. The first-order valence-electron chi connectivity index (χ1n) is 9.93. The lowest BCUT2D eigenvalue weighted by Gasteiger charge is -2.47. The lowest BCUT2D eigenvalue weighted by Crippen LogP contribution is -2.62. The van der Waals surface area contributed by atoms with Crippen LogP contribution in [0.25, 0.3) is 0 Å². The van der Waals surface area contributed by atoms with Gasteiger partial charge in [-0.1, -0.05) is 23.8 Å². The maximum atomic E-state index is 13.7. The summed E-state index contributed by atoms with van der Waals surface area (Å²) in [5.74, 6) is -0.589. The molecule has 0 saturated carbocycles. The van der Waals surface area contributed by atoms with Crippen molar-refractivity contribution >= 4 is 17.5 Å². The van der Waals surface area contributed by atoms with Gasteiger partial charge in [0.2, 0.25) is 0 Å². The van der Waals surface area contributed by atoms with E-state index in [1.54, 1.807) is 17.0 Å². The van der Waals surface area contributed by atoms with Crippen LogP contribution < -0.4 is 4.90 Å². The summed E-state index contributed by atoms with van der Waals surface area (Å²) in [7, 11) is 0. The fourth-order valence-electron chi connectivity index (χ4n) is 4.25. The van der Waals surface area contributed by atoms with Crippen LogP contribution in [0.1, 0.15) is 34.3 Å². The zero-order valence-electron chi connectivity index (χ0n) is 16.8. The molecule has 2 heterocycles. The predicted molar refractivity (Wildman–Crippen MR) is 108 cm³/mol. The molecule has 0 radical (unpaired) electrons. The Morgan fingerprint density at radius 2 is 1.97 bits per heavy atom. The van der Waals surface area contributed by atoms with Crippen molar-refractivity contribution in [2.24, 2.45) is 0 Å². The van der Waals surface area contributed by atoms with Crippen LogP contribution in [-0.4, -0.2) is 48.6 Å². The number of carbonyl (C=O) groups excluding carboxylic acids is 2. The van der Waals surface area contributed by atoms with E-state index in [9.17, 15) is 14.0 Å². The van der Waals surface area contributed by atoms with E-state index in [-0.39, 0.29) is 24.2 Å². The summed E-state index contributed by atoms with van der Waals surface area (Å²) in [5.41, 5.74) is 2.58. The Labute approximate surface area is 170 Å². The summed E-state index contributed by atoms with van der Waals surface area (Å²) >= 11 is 0. The molecule has 2 saturated heterocycles. The van der Waals surface area contributed by atoms with Gasteiger partial charge in [0, 0.05) is 17.8 Å². The Kier molecular flexibility index (Phi) is 5.13. The molecule has 29 heavy (non-hydrogen) atoms. The molecule has 0 aromatic heterocycles. The molecule has 6 heteroatoms. The predicted octanol–water partition coefficient (Wildman–Crippen LogP) is 3.48. The standard InChI is InChI=1S/C23H25FN2O3/c1-16-7-8-17(2)20(11-16)22(28)25-10-4-9-23(14-25)15-26(21(27)13-29-23)19-6-3-5-18(24)12-19/h3,5-8,11-12H,4,9-10,13-15H2,1-2H3. The number of benzene rings is 2. The van der Waals surface area contributed by atoms with Gasteiger partial charge in [0.1, 0.15) is 18.0 Å². The molecule has 0 bridgehead atoms. The first-order chi connectivity index (χ1) is 13.9. The number of amides is 2. The SMILES string of the molecule is Cc1ccc(C)c(C(=O)N2CCCC3(C2)CN(c2cccc(F)c2)C(=O)CO3)c1. The van der Waals surface area contributed by atoms with Gasteiger partial charge >= 0.3 is 0 Å². The highest BCUT2D eigenvalue weighted by molar-refractivity contribution is 5.97. The van der Waals surface area contributed by atoms with Crippen LogP contribution in [0.15, 0.2) is 42.5 Å². The highest BCUT2D eigenvalue weighted by atomic mass is 19.1. The van der Waals surface area contributed by atoms with E-state index in [1.807, 2.05) is 36.9 Å². The zero-order valence-corrected chi connectivity index (χ0v) is 16.8. The van der Waals surface area contributed by atoms with E-state index in [0.717, 1.165) is 24.0 Å². The second-order valence-corrected chi connectivity index (χ2v) is 8.08. The summed E-state index contributed by atoms with van der Waals surface area (Å²) in [6.07, 6.45) is 1.55. The molecular formula is C23H25FN2O3. The number of rotatable bonds is 2. The molecule has 2 aromatic carbocycles. The van der Waals surface area contributed by atoms with Crippen molar-refractivity contribution in [2.45, 2.75) is 32.3 Å². The third-order valence-electron chi connectivity index (χ3n) is 5.82. The van der Waals surface area contributed by atoms with Crippen LogP contribution in [0.5, 0.6) is 0 Å². The van der Waals surface area contributed by atoms with Gasteiger partial charge in [0.15, 0.2) is 0 Å². The van der Waals surface area contributed by atoms with Crippen molar-refractivity contribution in [3.63, 3.8) is 0 Å². The van der Waals surface area contributed by atoms with Gasteiger partial charge in [0.25, 0.3) is 11.8 Å². The van der Waals surface area contributed by atoms with E-state index in [1.165, 1.54) is 12.1 Å². The number of carbonyl (C=O) groups is 2. The number of hydrogen-bond acceptors (Lipinski definition) is 3. The Bertz CT molecular complexity index is 961. The Morgan fingerprint density at radius 1 is 1.14 bits per heavy atom. The normalized spacial score (nSPS) is 22.2. The molecular weight excluding hydrogens is 371 g/mol. The van der Waals surface area contributed by atoms with Crippen LogP contribution in [0.4, 0.5) is 10.1 Å². The third kappa shape index (κ3) is 3.90. The molecule has 1 atom stereocenters. The summed E-state index contributed by atoms with van der Waals surface area (Å²) in [4.78, 5) is 29.1. The van der Waals surface area contributed by atoms with Crippen molar-refractivity contribution < 1.29 is 18.7 Å². The van der Waals surface area contributed by atoms with E-state index in [2.05, 4.69) is 0 Å². The second kappa shape index (κ2) is 7.59. The number of aryl methyl sites for hydroxylation is 2. The van der Waals surface area contributed by atoms with Crippen molar-refractivity contribution in [3.8, 4) is 0 Å². The van der Waals surface area contributed by atoms with Crippen molar-refractivity contribution in [1.82, 2.24) is 4.90 Å². The first kappa shape index (κ1) is 19.6. The van der Waals surface area contributed by atoms with E-state index in [0.29, 0.717) is 30.9 Å². The molecule has 1 spiro atoms. The van der Waals surface area contributed by atoms with Crippen LogP contribution in [0, 0.1) is 19.7 Å². The third-order valence-corrected chi connectivity index (χ3v) is 5.82. The molecule has 0 N–H and O–H groups in total. The molecule has 2 fully saturated rings. The lowest BCUT2D eigenvalue weighted by molar-refractivity contribution is -0.144. The monoisotopic (exact) mass is 396 g/mol. The molecule has 1 unspecified atom stereocenters. The number of ether oxygens (including phenoxy) is 1. The maximum absolute atomic E-state index is 13.7. The number of anilines is 1. The summed E-state index contributed by atoms with van der Waals surface area (Å²) in [6.45, 7) is 5.23. The molecule has 152 valence electrons. The Morgan fingerprint density at radius 3 is 2.76 bits per heavy atom. The van der Waals surface area contributed by atoms with Crippen LogP contribution in [0.3, 0.4) is 0 Å². The van der Waals surface area contributed by atoms with E-state index < -0.39 is 5.60 Å². The molecule has 5 nitrogen and oxygen atoms in total. The Hall–Kier alpha value is -2.73. The average molecular weight is 396 g/mol. The smallest absolute Gasteiger partial charge is 0.254 e. The van der Waals surface area contributed by atoms with Crippen LogP contribution >= 0.6 is 0 Å². The van der Waals surface area contributed by atoms with Gasteiger partial charge in [-0.3, -0.25) is 9.59 Å². The number of halogens is 1. The van der Waals surface area contributed by atoms with Crippen LogP contribution in [-0.2, 0) is 9.53 Å². The fraction of sp³-hybridized carbons (Fsp3) is 0.391. The van der Waals surface area contributed by atoms with Gasteiger partial charge in [-0.2, -0.15) is 0 Å². The number of piperidine rings is 1. The quantitative estimate of drug-likeness (QED) is 0.781. The van der Waals surface area contributed by atoms with E-state index in [4.69, 9.17) is 4.74 Å². The highest BCUT2D eigenvalue weighted by Crippen LogP contribution is 2.32. The molecule has 2 aliphatic rings. The zero-order chi connectivity index (χ0) is 20.6. The molecule has 0 aliphatic carbocycles. The fourth-order valence-corrected chi connectivity index (χ4v) is 4.25. The lowest BCUT2D eigenvalue weighted by atomic mass is 9.89. The van der Waals surface area contributed by atoms with Gasteiger partial charge < -0.3 is 14.5 Å². The second-order valence-electron chi connectivity index (χ2n) is 8.08. The first-order valence-corrected chi connectivity index (χ1v) is 9.93. The summed E-state index contributed by atoms with van der Waals surface area (Å²) in [5, 5.41) is 0. The van der Waals surface area contributed by atoms with Crippen molar-refractivity contribution in [1.29, 1.82) is 0 Å². The summed E-state index contributed by atoms with van der Waals surface area (Å²) in [6, 6.07) is 11.9. The maximum Gasteiger partial charge on any atom is 0.254 e. The average Bonchev–Trinajstić information content (AvgIpc) is 2.71. The number of morpholine rings is 1. The molecule has 4 rings (SSSR count). The summed E-state index contributed by atoms with van der Waals surface area (Å²) < 4.78 is 19.7. The van der Waals surface area contributed by atoms with E-state index >= 15 is 0 Å². The van der Waals surface area contributed by atoms with Gasteiger partial charge in [-0.15, -0.1) is 0 Å². The topological polar surface area (TPSA) is 49.9 Å². The largest absolute Gasteiger partial charge is 0.361 e. The van der Waals surface area contributed by atoms with Crippen molar-refractivity contribution in [3.05, 3.63) is 65.0 Å². The van der Waals surface area contributed by atoms with Crippen molar-refractivity contribution in [2.75, 3.05) is 31.1 Å². The molecule has 2 aliphatic heterocycles. The molecule has 2 aromatic rings. The van der Waals surface area contributed by atoms with Gasteiger partial charge in [0.05, 0.1) is 13.1 Å². The van der Waals surface area contributed by atoms with Gasteiger partial charge in [-0.25, -0.2) is 4.39 Å². The van der Waals surface area contributed by atoms with Gasteiger partial charge in [-0.05, 0) is 56.5 Å².